The van der Waals surface area contributed by atoms with Crippen LogP contribution in [0.1, 0.15) is 5.56 Å². The van der Waals surface area contributed by atoms with Crippen LogP contribution in [0.4, 0.5) is 4.79 Å². The molecule has 2 aromatic rings. The standard InChI is InChI=1S/C14H16N4O2/c1-17-7-10(9-5-3-4-6-11(9)17)14(8-15)12(19)18(2)13(20)16-14/h3-7H,8,15H2,1-2H3,(H,16,20). The van der Waals surface area contributed by atoms with Gasteiger partial charge in [-0.1, -0.05) is 18.2 Å². The number of nitrogens with one attached hydrogen (secondary N) is 1. The fourth-order valence-electron chi connectivity index (χ4n) is 2.81. The molecule has 1 aliphatic rings. The van der Waals surface area contributed by atoms with Crippen LogP contribution in [-0.2, 0) is 17.4 Å². The zero-order valence-electron chi connectivity index (χ0n) is 11.4. The maximum atomic E-state index is 12.5. The van der Waals surface area contributed by atoms with Gasteiger partial charge in [0.1, 0.15) is 0 Å². The number of hydrogen-bond acceptors (Lipinski definition) is 3. The molecular weight excluding hydrogens is 256 g/mol. The Morgan fingerprint density at radius 2 is 1.95 bits per heavy atom. The molecule has 3 N–H and O–H groups in total. The van der Waals surface area contributed by atoms with Crippen molar-refractivity contribution in [3.8, 4) is 0 Å². The number of carbonyl (C=O) groups is 2. The number of benzene rings is 1. The van der Waals surface area contributed by atoms with Crippen LogP contribution in [0.25, 0.3) is 10.9 Å². The van der Waals surface area contributed by atoms with Gasteiger partial charge in [0.15, 0.2) is 5.54 Å². The number of aryl methyl sites for hydroxylation is 1. The smallest absolute Gasteiger partial charge is 0.325 e. The van der Waals surface area contributed by atoms with E-state index in [0.717, 1.165) is 21.4 Å². The molecule has 1 aromatic heterocycles. The number of aromatic nitrogens is 1. The summed E-state index contributed by atoms with van der Waals surface area (Å²) < 4.78 is 1.93. The Kier molecular flexibility index (Phi) is 2.58. The Morgan fingerprint density at radius 1 is 1.25 bits per heavy atom. The SMILES string of the molecule is CN1C(=O)NC(CN)(c2cn(C)c3ccccc23)C1=O. The summed E-state index contributed by atoms with van der Waals surface area (Å²) in [4.78, 5) is 25.4. The van der Waals surface area contributed by atoms with E-state index in [1.54, 1.807) is 0 Å². The molecule has 1 unspecified atom stereocenters. The van der Waals surface area contributed by atoms with Crippen molar-refractivity contribution in [2.24, 2.45) is 12.8 Å². The minimum absolute atomic E-state index is 0.0237. The first kappa shape index (κ1) is 12.7. The molecule has 104 valence electrons. The van der Waals surface area contributed by atoms with Crippen molar-refractivity contribution in [3.63, 3.8) is 0 Å². The molecule has 1 saturated heterocycles. The topological polar surface area (TPSA) is 80.4 Å². The lowest BCUT2D eigenvalue weighted by atomic mass is 9.89. The number of para-hydroxylation sites is 1. The van der Waals surface area contributed by atoms with Crippen LogP contribution in [0.3, 0.4) is 0 Å². The maximum absolute atomic E-state index is 12.5. The van der Waals surface area contributed by atoms with Gasteiger partial charge in [-0.2, -0.15) is 0 Å². The van der Waals surface area contributed by atoms with Crippen molar-refractivity contribution < 1.29 is 9.59 Å². The summed E-state index contributed by atoms with van der Waals surface area (Å²) in [5.74, 6) is -0.318. The van der Waals surface area contributed by atoms with Crippen molar-refractivity contribution in [1.29, 1.82) is 0 Å². The fraction of sp³-hybridized carbons (Fsp3) is 0.286. The molecule has 1 aliphatic heterocycles. The number of hydrogen-bond donors (Lipinski definition) is 2. The van der Waals surface area contributed by atoms with Gasteiger partial charge >= 0.3 is 6.03 Å². The molecule has 6 nitrogen and oxygen atoms in total. The van der Waals surface area contributed by atoms with Crippen LogP contribution < -0.4 is 11.1 Å². The summed E-state index contributed by atoms with van der Waals surface area (Å²) in [6.07, 6.45) is 1.86. The normalized spacial score (nSPS) is 22.6. The van der Waals surface area contributed by atoms with Crippen LogP contribution >= 0.6 is 0 Å². The highest BCUT2D eigenvalue weighted by atomic mass is 16.2. The van der Waals surface area contributed by atoms with Crippen LogP contribution in [-0.4, -0.2) is 35.0 Å². The predicted octanol–water partition coefficient (Wildman–Crippen LogP) is 0.514. The highest BCUT2D eigenvalue weighted by molar-refractivity contribution is 6.09. The zero-order valence-corrected chi connectivity index (χ0v) is 11.4. The number of urea groups is 1. The van der Waals surface area contributed by atoms with Crippen molar-refractivity contribution in [3.05, 3.63) is 36.0 Å². The third-order valence-corrected chi connectivity index (χ3v) is 3.96. The van der Waals surface area contributed by atoms with Gasteiger partial charge in [0.25, 0.3) is 5.91 Å². The second-order valence-corrected chi connectivity index (χ2v) is 5.07. The molecular formula is C14H16N4O2. The van der Waals surface area contributed by atoms with E-state index in [1.165, 1.54) is 7.05 Å². The lowest BCUT2D eigenvalue weighted by Crippen LogP contribution is -2.49. The van der Waals surface area contributed by atoms with Gasteiger partial charge < -0.3 is 15.6 Å². The molecule has 3 rings (SSSR count). The second kappa shape index (κ2) is 4.08. The third kappa shape index (κ3) is 1.42. The highest BCUT2D eigenvalue weighted by Crippen LogP contribution is 2.33. The number of carbonyl (C=O) groups excluding carboxylic acids is 2. The van der Waals surface area contributed by atoms with E-state index in [9.17, 15) is 9.59 Å². The Morgan fingerprint density at radius 3 is 2.55 bits per heavy atom. The molecule has 0 radical (unpaired) electrons. The van der Waals surface area contributed by atoms with Crippen molar-refractivity contribution in [1.82, 2.24) is 14.8 Å². The van der Waals surface area contributed by atoms with E-state index in [1.807, 2.05) is 42.1 Å². The molecule has 6 heteroatoms. The summed E-state index contributed by atoms with van der Waals surface area (Å²) in [5, 5.41) is 3.66. The maximum Gasteiger partial charge on any atom is 0.325 e. The minimum atomic E-state index is -1.17. The van der Waals surface area contributed by atoms with Gasteiger partial charge in [-0.05, 0) is 6.07 Å². The summed E-state index contributed by atoms with van der Waals surface area (Å²) in [6.45, 7) is 0.0237. The van der Waals surface area contributed by atoms with Crippen LogP contribution in [0.15, 0.2) is 30.5 Å². The number of imide groups is 1. The van der Waals surface area contributed by atoms with E-state index in [2.05, 4.69) is 5.32 Å². The van der Waals surface area contributed by atoms with E-state index in [-0.39, 0.29) is 12.5 Å². The van der Waals surface area contributed by atoms with E-state index in [0.29, 0.717) is 0 Å². The number of likely N-dealkylation sites (N-methyl/N-ethyl adjacent to an activating group) is 1. The van der Waals surface area contributed by atoms with E-state index < -0.39 is 11.6 Å². The van der Waals surface area contributed by atoms with Crippen molar-refractivity contribution >= 4 is 22.8 Å². The molecule has 0 spiro atoms. The third-order valence-electron chi connectivity index (χ3n) is 3.96. The monoisotopic (exact) mass is 272 g/mol. The predicted molar refractivity (Wildman–Crippen MR) is 75.0 cm³/mol. The Balaban J connectivity index is 2.28. The molecule has 1 atom stereocenters. The second-order valence-electron chi connectivity index (χ2n) is 5.07. The summed E-state index contributed by atoms with van der Waals surface area (Å²) in [7, 11) is 3.36. The van der Waals surface area contributed by atoms with Crippen LogP contribution in [0.2, 0.25) is 0 Å². The fourth-order valence-corrected chi connectivity index (χ4v) is 2.81. The van der Waals surface area contributed by atoms with Crippen LogP contribution in [0, 0.1) is 0 Å². The van der Waals surface area contributed by atoms with Gasteiger partial charge in [-0.25, -0.2) is 4.79 Å². The average molecular weight is 272 g/mol. The number of nitrogens with two attached hydrogens (primary N) is 1. The largest absolute Gasteiger partial charge is 0.350 e. The highest BCUT2D eigenvalue weighted by Gasteiger charge is 2.51. The summed E-state index contributed by atoms with van der Waals surface area (Å²) >= 11 is 0. The molecule has 3 amide bonds. The Bertz CT molecular complexity index is 721. The van der Waals surface area contributed by atoms with E-state index >= 15 is 0 Å². The molecule has 20 heavy (non-hydrogen) atoms. The van der Waals surface area contributed by atoms with E-state index in [4.69, 9.17) is 5.73 Å². The first-order valence-corrected chi connectivity index (χ1v) is 6.36. The number of rotatable bonds is 2. The quantitative estimate of drug-likeness (QED) is 0.782. The summed E-state index contributed by atoms with van der Waals surface area (Å²) in [6, 6.07) is 7.31. The molecule has 0 bridgehead atoms. The Hall–Kier alpha value is -2.34. The molecule has 0 saturated carbocycles. The Labute approximate surface area is 116 Å². The van der Waals surface area contributed by atoms with Gasteiger partial charge in [0.2, 0.25) is 0 Å². The van der Waals surface area contributed by atoms with Gasteiger partial charge in [-0.15, -0.1) is 0 Å². The first-order valence-electron chi connectivity index (χ1n) is 6.36. The first-order chi connectivity index (χ1) is 9.51. The zero-order chi connectivity index (χ0) is 14.5. The number of fused-ring (bicyclic) bond motifs is 1. The number of amides is 3. The van der Waals surface area contributed by atoms with Gasteiger partial charge in [0.05, 0.1) is 0 Å². The minimum Gasteiger partial charge on any atom is -0.350 e. The van der Waals surface area contributed by atoms with Crippen LogP contribution in [0.5, 0.6) is 0 Å². The average Bonchev–Trinajstić information content (AvgIpc) is 2.91. The van der Waals surface area contributed by atoms with Gasteiger partial charge in [0, 0.05) is 43.3 Å². The lowest BCUT2D eigenvalue weighted by molar-refractivity contribution is -0.130. The lowest BCUT2D eigenvalue weighted by Gasteiger charge is -2.24. The molecule has 1 fully saturated rings. The van der Waals surface area contributed by atoms with Crippen molar-refractivity contribution in [2.75, 3.05) is 13.6 Å². The molecule has 0 aliphatic carbocycles. The van der Waals surface area contributed by atoms with Gasteiger partial charge in [-0.3, -0.25) is 9.69 Å². The molecule has 2 heterocycles. The number of nitrogens with zero attached hydrogens (tertiary/aromatic N) is 2. The van der Waals surface area contributed by atoms with Crippen molar-refractivity contribution in [2.45, 2.75) is 5.54 Å². The molecule has 1 aromatic carbocycles. The summed E-state index contributed by atoms with van der Waals surface area (Å²) in [5.41, 5.74) is 6.40.